The molecule has 0 spiro atoms. The molecule has 0 aliphatic heterocycles. The first kappa shape index (κ1) is 7.03. The first-order chi connectivity index (χ1) is 5.77. The Balaban J connectivity index is 2.96. The van der Waals surface area contributed by atoms with Crippen molar-refractivity contribution in [3.63, 3.8) is 0 Å². The minimum atomic E-state index is -0.548. The first-order valence-corrected chi connectivity index (χ1v) is 3.63. The Morgan fingerprint density at radius 3 is 3.08 bits per heavy atom. The summed E-state index contributed by atoms with van der Waals surface area (Å²) in [5.41, 5.74) is 1.65. The number of fused-ring (bicyclic) bond motifs is 1. The minimum Gasteiger partial charge on any atom is -0.408 e. The lowest BCUT2D eigenvalue weighted by molar-refractivity contribution is 0.531. The summed E-state index contributed by atoms with van der Waals surface area (Å²) in [4.78, 5) is 14.3. The Labute approximate surface area is 68.7 Å². The highest BCUT2D eigenvalue weighted by Crippen LogP contribution is 2.14. The maximum atomic E-state index is 10.7. The van der Waals surface area contributed by atoms with Gasteiger partial charge in [-0.15, -0.1) is 0 Å². The first-order valence-electron chi connectivity index (χ1n) is 3.63. The van der Waals surface area contributed by atoms with E-state index >= 15 is 0 Å². The van der Waals surface area contributed by atoms with Gasteiger partial charge in [0.25, 0.3) is 0 Å². The second-order valence-corrected chi connectivity index (χ2v) is 2.61. The molecule has 2 aromatic rings. The van der Waals surface area contributed by atoms with Crippen LogP contribution in [0.25, 0.3) is 11.0 Å². The topological polar surface area (TPSA) is 43.1 Å². The van der Waals surface area contributed by atoms with Crippen molar-refractivity contribution in [2.45, 2.75) is 6.92 Å². The van der Waals surface area contributed by atoms with Gasteiger partial charge in [0.05, 0.1) is 0 Å². The van der Waals surface area contributed by atoms with E-state index in [2.05, 4.69) is 4.98 Å². The van der Waals surface area contributed by atoms with Gasteiger partial charge >= 0.3 is 5.76 Å². The molecule has 1 heterocycles. The monoisotopic (exact) mass is 161 g/mol. The molecule has 0 atom stereocenters. The highest BCUT2D eigenvalue weighted by molar-refractivity contribution is 5.78. The Bertz CT molecular complexity index is 473. The predicted molar refractivity (Wildman–Crippen MR) is 45.0 cm³/mol. The van der Waals surface area contributed by atoms with Crippen LogP contribution in [0.5, 0.6) is 0 Å². The lowest BCUT2D eigenvalue weighted by Crippen LogP contribution is -2.01. The Kier molecular flexibility index (Phi) is 1.43. The van der Waals surface area contributed by atoms with E-state index in [9.17, 15) is 4.79 Å². The van der Waals surface area contributed by atoms with Crippen molar-refractivity contribution in [1.82, 2.24) is 4.98 Å². The van der Waals surface area contributed by atoms with Crippen LogP contribution in [-0.2, 0) is 0 Å². The summed E-state index contributed by atoms with van der Waals surface area (Å²) in [5.74, 6) is -0.548. The van der Waals surface area contributed by atoms with Gasteiger partial charge in [0, 0.05) is 11.6 Å². The molecule has 0 amide bonds. The summed E-state index contributed by atoms with van der Waals surface area (Å²) in [5, 5.41) is 0.886. The van der Waals surface area contributed by atoms with Crippen molar-refractivity contribution in [1.29, 1.82) is 0 Å². The fourth-order valence-corrected chi connectivity index (χ4v) is 1.15. The van der Waals surface area contributed by atoms with Gasteiger partial charge in [-0.3, -0.25) is 0 Å². The van der Waals surface area contributed by atoms with Crippen LogP contribution in [0, 0.1) is 6.92 Å². The lowest BCUT2D eigenvalue weighted by Gasteiger charge is -1.96. The number of hydrogen-bond donors (Lipinski definition) is 0. The summed E-state index contributed by atoms with van der Waals surface area (Å²) in [6.07, 6.45) is 1.54. The SMILES string of the molecule is Cc1cccc2oc(=O)ncc12. The summed E-state index contributed by atoms with van der Waals surface area (Å²) in [7, 11) is 0. The number of nitrogens with zero attached hydrogens (tertiary/aromatic N) is 1. The van der Waals surface area contributed by atoms with E-state index in [0.29, 0.717) is 5.58 Å². The van der Waals surface area contributed by atoms with Crippen LogP contribution in [-0.4, -0.2) is 4.98 Å². The van der Waals surface area contributed by atoms with Gasteiger partial charge in [-0.2, -0.15) is 4.98 Å². The highest BCUT2D eigenvalue weighted by atomic mass is 16.4. The maximum Gasteiger partial charge on any atom is 0.439 e. The van der Waals surface area contributed by atoms with Gasteiger partial charge in [0.1, 0.15) is 5.58 Å². The molecule has 0 saturated heterocycles. The smallest absolute Gasteiger partial charge is 0.408 e. The highest BCUT2D eigenvalue weighted by Gasteiger charge is 1.98. The van der Waals surface area contributed by atoms with Crippen molar-refractivity contribution < 1.29 is 4.42 Å². The summed E-state index contributed by atoms with van der Waals surface area (Å²) in [6.45, 7) is 1.95. The average Bonchev–Trinajstić information content (AvgIpc) is 2.04. The molecule has 3 nitrogen and oxygen atoms in total. The molecule has 60 valence electrons. The van der Waals surface area contributed by atoms with Crippen LogP contribution >= 0.6 is 0 Å². The van der Waals surface area contributed by atoms with E-state index < -0.39 is 5.76 Å². The van der Waals surface area contributed by atoms with Gasteiger partial charge in [-0.1, -0.05) is 12.1 Å². The molecule has 1 aromatic carbocycles. The largest absolute Gasteiger partial charge is 0.439 e. The lowest BCUT2D eigenvalue weighted by atomic mass is 10.1. The van der Waals surface area contributed by atoms with Crippen LogP contribution in [0.3, 0.4) is 0 Å². The normalized spacial score (nSPS) is 10.4. The second kappa shape index (κ2) is 2.44. The standard InChI is InChI=1S/C9H7NO2/c1-6-3-2-4-8-7(6)5-10-9(11)12-8/h2-5H,1H3. The summed E-state index contributed by atoms with van der Waals surface area (Å²) >= 11 is 0. The molecule has 1 aromatic heterocycles. The molecule has 0 saturated carbocycles. The molecule has 0 aliphatic carbocycles. The van der Waals surface area contributed by atoms with Gasteiger partial charge in [0.15, 0.2) is 0 Å². The van der Waals surface area contributed by atoms with Crippen LogP contribution in [0.4, 0.5) is 0 Å². The molecule has 0 fully saturated rings. The quantitative estimate of drug-likeness (QED) is 0.588. The van der Waals surface area contributed by atoms with Gasteiger partial charge in [-0.05, 0) is 18.6 Å². The van der Waals surface area contributed by atoms with Crippen molar-refractivity contribution in [2.75, 3.05) is 0 Å². The Hall–Kier alpha value is -1.64. The van der Waals surface area contributed by atoms with E-state index in [1.54, 1.807) is 6.07 Å². The van der Waals surface area contributed by atoms with E-state index in [1.165, 1.54) is 6.20 Å². The third-order valence-corrected chi connectivity index (χ3v) is 1.78. The summed E-state index contributed by atoms with van der Waals surface area (Å²) < 4.78 is 4.88. The molecule has 2 rings (SSSR count). The maximum absolute atomic E-state index is 10.7. The predicted octanol–water partition coefficient (Wildman–Crippen LogP) is 1.50. The second-order valence-electron chi connectivity index (χ2n) is 2.61. The third-order valence-electron chi connectivity index (χ3n) is 1.78. The van der Waals surface area contributed by atoms with Crippen molar-refractivity contribution in [3.8, 4) is 0 Å². The zero-order chi connectivity index (χ0) is 8.55. The zero-order valence-corrected chi connectivity index (χ0v) is 6.57. The van der Waals surface area contributed by atoms with Crippen molar-refractivity contribution >= 4 is 11.0 Å². The van der Waals surface area contributed by atoms with Crippen molar-refractivity contribution in [2.24, 2.45) is 0 Å². The van der Waals surface area contributed by atoms with E-state index in [1.807, 2.05) is 19.1 Å². The molecule has 0 radical (unpaired) electrons. The van der Waals surface area contributed by atoms with Gasteiger partial charge in [0.2, 0.25) is 0 Å². The number of benzene rings is 1. The Morgan fingerprint density at radius 1 is 1.42 bits per heavy atom. The van der Waals surface area contributed by atoms with Crippen LogP contribution in [0.1, 0.15) is 5.56 Å². The third kappa shape index (κ3) is 0.993. The fraction of sp³-hybridized carbons (Fsp3) is 0.111. The fourth-order valence-electron chi connectivity index (χ4n) is 1.15. The van der Waals surface area contributed by atoms with E-state index in [4.69, 9.17) is 4.42 Å². The van der Waals surface area contributed by atoms with Gasteiger partial charge in [-0.25, -0.2) is 4.79 Å². The molecular weight excluding hydrogens is 154 g/mol. The minimum absolute atomic E-state index is 0.548. The van der Waals surface area contributed by atoms with E-state index in [-0.39, 0.29) is 0 Å². The number of rotatable bonds is 0. The summed E-state index contributed by atoms with van der Waals surface area (Å²) in [6, 6.07) is 5.55. The number of hydrogen-bond acceptors (Lipinski definition) is 3. The molecular formula is C9H7NO2. The van der Waals surface area contributed by atoms with Crippen molar-refractivity contribution in [3.05, 3.63) is 40.5 Å². The zero-order valence-electron chi connectivity index (χ0n) is 6.57. The number of aryl methyl sites for hydroxylation is 1. The average molecular weight is 161 g/mol. The molecule has 0 N–H and O–H groups in total. The van der Waals surface area contributed by atoms with Crippen LogP contribution in [0.15, 0.2) is 33.6 Å². The molecule has 12 heavy (non-hydrogen) atoms. The van der Waals surface area contributed by atoms with Crippen LogP contribution < -0.4 is 5.76 Å². The molecule has 0 unspecified atom stereocenters. The Morgan fingerprint density at radius 2 is 2.25 bits per heavy atom. The van der Waals surface area contributed by atoms with Crippen LogP contribution in [0.2, 0.25) is 0 Å². The molecule has 0 bridgehead atoms. The molecule has 0 aliphatic rings. The number of aromatic nitrogens is 1. The van der Waals surface area contributed by atoms with E-state index in [0.717, 1.165) is 10.9 Å². The van der Waals surface area contributed by atoms with Gasteiger partial charge < -0.3 is 4.42 Å². The molecule has 3 heteroatoms.